The fourth-order valence-electron chi connectivity index (χ4n) is 1.95. The molecule has 1 fully saturated rings. The number of hydrogen-bond donors (Lipinski definition) is 0. The average Bonchev–Trinajstić information content (AvgIpc) is 3.10. The highest BCUT2D eigenvalue weighted by atomic mass is 32.2. The van der Waals surface area contributed by atoms with E-state index in [2.05, 4.69) is 0 Å². The van der Waals surface area contributed by atoms with Crippen LogP contribution in [0.2, 0.25) is 0 Å². The summed E-state index contributed by atoms with van der Waals surface area (Å²) >= 11 is 0. The molecule has 1 aromatic rings. The Morgan fingerprint density at radius 1 is 1.20 bits per heavy atom. The minimum atomic E-state index is -4.29. The van der Waals surface area contributed by atoms with Gasteiger partial charge in [-0.25, -0.2) is 0 Å². The maximum atomic E-state index is 12.7. The van der Waals surface area contributed by atoms with Gasteiger partial charge in [0.25, 0.3) is 10.1 Å². The first-order chi connectivity index (χ1) is 9.16. The minimum Gasteiger partial charge on any atom is -0.266 e. The van der Waals surface area contributed by atoms with Crippen molar-refractivity contribution in [2.75, 3.05) is 6.61 Å². The standard InChI is InChI=1S/C13H15F3O3S/c1-10-2-4-11(5-3-10)20(17,18)19-9-8-12(6-7-12)13(14,15)16/h2-5H,6-9H2,1H3. The Kier molecular flexibility index (Phi) is 3.85. The summed E-state index contributed by atoms with van der Waals surface area (Å²) in [6.07, 6.45) is -4.51. The molecule has 0 aliphatic heterocycles. The molecule has 0 saturated heterocycles. The van der Waals surface area contributed by atoms with Crippen LogP contribution in [0.3, 0.4) is 0 Å². The third-order valence-corrected chi connectivity index (χ3v) is 4.91. The maximum absolute atomic E-state index is 12.7. The van der Waals surface area contributed by atoms with Crippen molar-refractivity contribution < 1.29 is 25.8 Å². The van der Waals surface area contributed by atoms with Crippen molar-refractivity contribution in [2.24, 2.45) is 5.41 Å². The molecule has 7 heteroatoms. The average molecular weight is 308 g/mol. The van der Waals surface area contributed by atoms with E-state index in [1.165, 1.54) is 12.1 Å². The molecule has 1 aliphatic carbocycles. The highest BCUT2D eigenvalue weighted by Gasteiger charge is 2.62. The minimum absolute atomic E-state index is 0.0417. The van der Waals surface area contributed by atoms with Gasteiger partial charge in [-0.15, -0.1) is 0 Å². The predicted octanol–water partition coefficient (Wildman–Crippen LogP) is 3.43. The Hall–Kier alpha value is -1.08. The highest BCUT2D eigenvalue weighted by Crippen LogP contribution is 2.59. The maximum Gasteiger partial charge on any atom is 0.394 e. The van der Waals surface area contributed by atoms with Gasteiger partial charge >= 0.3 is 6.18 Å². The van der Waals surface area contributed by atoms with E-state index in [1.807, 2.05) is 0 Å². The van der Waals surface area contributed by atoms with Gasteiger partial charge in [0.2, 0.25) is 0 Å². The van der Waals surface area contributed by atoms with E-state index in [9.17, 15) is 21.6 Å². The van der Waals surface area contributed by atoms with Crippen LogP contribution in [0.15, 0.2) is 29.2 Å². The van der Waals surface area contributed by atoms with Gasteiger partial charge in [0.1, 0.15) is 0 Å². The predicted molar refractivity (Wildman–Crippen MR) is 66.7 cm³/mol. The molecule has 0 atom stereocenters. The lowest BCUT2D eigenvalue weighted by molar-refractivity contribution is -0.190. The van der Waals surface area contributed by atoms with E-state index in [0.717, 1.165) is 5.56 Å². The monoisotopic (exact) mass is 308 g/mol. The van der Waals surface area contributed by atoms with Gasteiger partial charge in [0, 0.05) is 0 Å². The third kappa shape index (κ3) is 3.15. The van der Waals surface area contributed by atoms with Crippen LogP contribution >= 0.6 is 0 Å². The van der Waals surface area contributed by atoms with Crippen LogP contribution in [0.4, 0.5) is 13.2 Å². The van der Waals surface area contributed by atoms with Crippen molar-refractivity contribution in [3.63, 3.8) is 0 Å². The zero-order valence-corrected chi connectivity index (χ0v) is 11.7. The summed E-state index contributed by atoms with van der Waals surface area (Å²) in [5, 5.41) is 0. The molecule has 0 N–H and O–H groups in total. The Bertz CT molecular complexity index is 572. The molecular formula is C13H15F3O3S. The molecule has 2 rings (SSSR count). The molecule has 0 unspecified atom stereocenters. The second-order valence-electron chi connectivity index (χ2n) is 5.12. The molecule has 0 amide bonds. The Labute approximate surface area is 115 Å². The van der Waals surface area contributed by atoms with Crippen molar-refractivity contribution >= 4 is 10.1 Å². The molecular weight excluding hydrogens is 293 g/mol. The Morgan fingerprint density at radius 3 is 2.20 bits per heavy atom. The number of rotatable bonds is 5. The van der Waals surface area contributed by atoms with Crippen molar-refractivity contribution in [3.05, 3.63) is 29.8 Å². The Balaban J connectivity index is 1.96. The van der Waals surface area contributed by atoms with Gasteiger partial charge in [0.05, 0.1) is 16.9 Å². The molecule has 20 heavy (non-hydrogen) atoms. The highest BCUT2D eigenvalue weighted by molar-refractivity contribution is 7.86. The van der Waals surface area contributed by atoms with Gasteiger partial charge < -0.3 is 0 Å². The number of benzene rings is 1. The summed E-state index contributed by atoms with van der Waals surface area (Å²) in [5.74, 6) is 0. The summed E-state index contributed by atoms with van der Waals surface area (Å²) in [6, 6.07) is 5.96. The first-order valence-corrected chi connectivity index (χ1v) is 7.60. The summed E-state index contributed by atoms with van der Waals surface area (Å²) in [5.41, 5.74) is -0.853. The van der Waals surface area contributed by atoms with E-state index in [4.69, 9.17) is 4.18 Å². The van der Waals surface area contributed by atoms with Crippen molar-refractivity contribution in [1.82, 2.24) is 0 Å². The van der Waals surface area contributed by atoms with Crippen LogP contribution in [0.5, 0.6) is 0 Å². The van der Waals surface area contributed by atoms with Crippen LogP contribution in [-0.2, 0) is 14.3 Å². The molecule has 1 aromatic carbocycles. The molecule has 112 valence electrons. The van der Waals surface area contributed by atoms with E-state index in [-0.39, 0.29) is 24.2 Å². The smallest absolute Gasteiger partial charge is 0.266 e. The molecule has 0 radical (unpaired) electrons. The molecule has 0 bridgehead atoms. The summed E-state index contributed by atoms with van der Waals surface area (Å²) in [4.78, 5) is -0.0417. The fourth-order valence-corrected chi connectivity index (χ4v) is 2.85. The van der Waals surface area contributed by atoms with Crippen molar-refractivity contribution in [3.8, 4) is 0 Å². The van der Waals surface area contributed by atoms with Crippen LogP contribution in [-0.4, -0.2) is 21.2 Å². The molecule has 0 aromatic heterocycles. The fraction of sp³-hybridized carbons (Fsp3) is 0.538. The second-order valence-corrected chi connectivity index (χ2v) is 6.73. The molecule has 0 spiro atoms. The lowest BCUT2D eigenvalue weighted by atomic mass is 10.0. The lowest BCUT2D eigenvalue weighted by Gasteiger charge is -2.18. The van der Waals surface area contributed by atoms with Crippen LogP contribution in [0, 0.1) is 12.3 Å². The lowest BCUT2D eigenvalue weighted by Crippen LogP contribution is -2.26. The molecule has 1 saturated carbocycles. The van der Waals surface area contributed by atoms with Crippen LogP contribution in [0.25, 0.3) is 0 Å². The first kappa shape index (κ1) is 15.3. The quantitative estimate of drug-likeness (QED) is 0.783. The van der Waals surface area contributed by atoms with E-state index < -0.39 is 28.3 Å². The summed E-state index contributed by atoms with van der Waals surface area (Å²) in [6.45, 7) is 1.35. The van der Waals surface area contributed by atoms with Crippen LogP contribution < -0.4 is 0 Å². The molecule has 1 aliphatic rings. The zero-order valence-electron chi connectivity index (χ0n) is 10.9. The number of alkyl halides is 3. The normalized spacial score (nSPS) is 18.0. The van der Waals surface area contributed by atoms with Crippen molar-refractivity contribution in [2.45, 2.75) is 37.3 Å². The van der Waals surface area contributed by atoms with E-state index in [1.54, 1.807) is 19.1 Å². The zero-order chi connectivity index (χ0) is 15.0. The largest absolute Gasteiger partial charge is 0.394 e. The van der Waals surface area contributed by atoms with E-state index >= 15 is 0 Å². The SMILES string of the molecule is Cc1ccc(S(=O)(=O)OCCC2(C(F)(F)F)CC2)cc1. The number of halogens is 3. The first-order valence-electron chi connectivity index (χ1n) is 6.19. The summed E-state index contributed by atoms with van der Waals surface area (Å²) < 4.78 is 66.3. The topological polar surface area (TPSA) is 43.4 Å². The van der Waals surface area contributed by atoms with Gasteiger partial charge in [0.15, 0.2) is 0 Å². The van der Waals surface area contributed by atoms with Gasteiger partial charge in [-0.05, 0) is 38.3 Å². The Morgan fingerprint density at radius 2 is 1.75 bits per heavy atom. The summed E-state index contributed by atoms with van der Waals surface area (Å²) in [7, 11) is -3.98. The third-order valence-electron chi connectivity index (χ3n) is 3.58. The van der Waals surface area contributed by atoms with Crippen molar-refractivity contribution in [1.29, 1.82) is 0 Å². The number of hydrogen-bond acceptors (Lipinski definition) is 3. The molecule has 0 heterocycles. The van der Waals surface area contributed by atoms with Gasteiger partial charge in [-0.1, -0.05) is 17.7 Å². The van der Waals surface area contributed by atoms with E-state index in [0.29, 0.717) is 0 Å². The van der Waals surface area contributed by atoms with Gasteiger partial charge in [-0.2, -0.15) is 21.6 Å². The second kappa shape index (κ2) is 5.04. The van der Waals surface area contributed by atoms with Crippen LogP contribution in [0.1, 0.15) is 24.8 Å². The number of aryl methyl sites for hydroxylation is 1. The van der Waals surface area contributed by atoms with Gasteiger partial charge in [-0.3, -0.25) is 4.18 Å². The molecule has 3 nitrogen and oxygen atoms in total.